The number of para-hydroxylation sites is 1. The van der Waals surface area contributed by atoms with E-state index < -0.39 is 8.32 Å². The molecule has 32 heavy (non-hydrogen) atoms. The number of aromatic amines is 1. The summed E-state index contributed by atoms with van der Waals surface area (Å²) < 4.78 is 14.2. The van der Waals surface area contributed by atoms with Crippen LogP contribution in [0.25, 0.3) is 11.1 Å². The van der Waals surface area contributed by atoms with Gasteiger partial charge in [-0.3, -0.25) is 4.98 Å². The van der Waals surface area contributed by atoms with Gasteiger partial charge in [-0.05, 0) is 36.7 Å². The molecular formula is C25H34N2O4Si. The van der Waals surface area contributed by atoms with Gasteiger partial charge in [0.25, 0.3) is 0 Å². The number of ether oxygens (including phenoxy) is 1. The number of benzene rings is 1. The largest absolute Gasteiger partial charge is 0.496 e. The van der Waals surface area contributed by atoms with Crippen molar-refractivity contribution in [3.8, 4) is 28.6 Å². The Bertz CT molecular complexity index is 1120. The molecule has 0 spiro atoms. The summed E-state index contributed by atoms with van der Waals surface area (Å²) in [4.78, 5) is 2.73. The Labute approximate surface area is 191 Å². The van der Waals surface area contributed by atoms with E-state index in [2.05, 4.69) is 49.6 Å². The molecule has 0 saturated heterocycles. The Balaban J connectivity index is 1.70. The van der Waals surface area contributed by atoms with Crippen molar-refractivity contribution < 1.29 is 19.4 Å². The first-order valence-electron chi connectivity index (χ1n) is 11.1. The number of hydrogen-bond donors (Lipinski definition) is 3. The molecule has 3 aromatic rings. The predicted octanol–water partition coefficient (Wildman–Crippen LogP) is 5.61. The van der Waals surface area contributed by atoms with Crippen molar-refractivity contribution >= 4 is 8.32 Å². The van der Waals surface area contributed by atoms with E-state index in [-0.39, 0.29) is 22.7 Å². The number of hydrogen-bond acceptors (Lipinski definition) is 4. The van der Waals surface area contributed by atoms with Gasteiger partial charge in [0, 0.05) is 41.0 Å². The molecule has 1 aromatic carbocycles. The number of nitrogens with zero attached hydrogens (tertiary/aromatic N) is 1. The maximum absolute atomic E-state index is 10.6. The number of H-pyrrole nitrogens is 1. The van der Waals surface area contributed by atoms with Gasteiger partial charge in [-0.2, -0.15) is 0 Å². The average molecular weight is 455 g/mol. The van der Waals surface area contributed by atoms with E-state index >= 15 is 0 Å². The van der Waals surface area contributed by atoms with Crippen molar-refractivity contribution in [3.63, 3.8) is 0 Å². The van der Waals surface area contributed by atoms with Crippen LogP contribution in [0, 0.1) is 0 Å². The van der Waals surface area contributed by atoms with Gasteiger partial charge in [0.15, 0.2) is 20.1 Å². The molecule has 1 unspecified atom stereocenters. The first-order valence-corrected chi connectivity index (χ1v) is 14.0. The van der Waals surface area contributed by atoms with Gasteiger partial charge >= 0.3 is 0 Å². The fourth-order valence-electron chi connectivity index (χ4n) is 4.40. The smallest absolute Gasteiger partial charge is 0.199 e. The van der Waals surface area contributed by atoms with Crippen LogP contribution in [0.5, 0.6) is 17.5 Å². The summed E-state index contributed by atoms with van der Waals surface area (Å²) in [5.74, 6) is 0.633. The maximum Gasteiger partial charge on any atom is 0.199 e. The van der Waals surface area contributed by atoms with Crippen molar-refractivity contribution in [3.05, 3.63) is 53.3 Å². The molecule has 3 N–H and O–H groups in total. The Morgan fingerprint density at radius 1 is 1.12 bits per heavy atom. The van der Waals surface area contributed by atoms with Gasteiger partial charge in [-0.1, -0.05) is 39.0 Å². The molecule has 1 aliphatic carbocycles. The molecular weight excluding hydrogens is 420 g/mol. The van der Waals surface area contributed by atoms with Crippen LogP contribution in [-0.4, -0.2) is 41.8 Å². The number of aromatic hydroxyl groups is 2. The highest BCUT2D eigenvalue weighted by Gasteiger charge is 2.38. The van der Waals surface area contributed by atoms with Crippen LogP contribution < -0.4 is 4.74 Å². The molecule has 1 atom stereocenters. The first-order chi connectivity index (χ1) is 15.0. The second kappa shape index (κ2) is 8.05. The van der Waals surface area contributed by atoms with Crippen LogP contribution in [0.1, 0.15) is 43.5 Å². The van der Waals surface area contributed by atoms with Gasteiger partial charge in [0.1, 0.15) is 5.75 Å². The lowest BCUT2D eigenvalue weighted by Crippen LogP contribution is -2.41. The summed E-state index contributed by atoms with van der Waals surface area (Å²) in [6.45, 7) is 12.7. The third-order valence-electron chi connectivity index (χ3n) is 7.21. The highest BCUT2D eigenvalue weighted by atomic mass is 28.4. The number of methoxy groups -OCH3 is 1. The van der Waals surface area contributed by atoms with Crippen molar-refractivity contribution in [2.75, 3.05) is 13.7 Å². The molecule has 7 heteroatoms. The molecule has 2 aromatic heterocycles. The van der Waals surface area contributed by atoms with Crippen LogP contribution in [0.4, 0.5) is 0 Å². The third kappa shape index (κ3) is 3.73. The zero-order chi connectivity index (χ0) is 23.3. The lowest BCUT2D eigenvalue weighted by atomic mass is 9.79. The predicted molar refractivity (Wildman–Crippen MR) is 129 cm³/mol. The minimum absolute atomic E-state index is 0.00591. The summed E-state index contributed by atoms with van der Waals surface area (Å²) >= 11 is 0. The van der Waals surface area contributed by atoms with E-state index in [0.717, 1.165) is 34.7 Å². The zero-order valence-corrected chi connectivity index (χ0v) is 20.8. The summed E-state index contributed by atoms with van der Waals surface area (Å²) in [5, 5.41) is 21.4. The summed E-state index contributed by atoms with van der Waals surface area (Å²) in [6, 6.07) is 9.89. The van der Waals surface area contributed by atoms with Crippen molar-refractivity contribution in [2.24, 2.45) is 0 Å². The van der Waals surface area contributed by atoms with E-state index in [1.54, 1.807) is 7.11 Å². The molecule has 0 amide bonds. The van der Waals surface area contributed by atoms with Crippen molar-refractivity contribution in [1.82, 2.24) is 9.55 Å². The molecule has 0 fully saturated rings. The van der Waals surface area contributed by atoms with Crippen LogP contribution >= 0.6 is 0 Å². The number of aromatic nitrogens is 2. The highest BCUT2D eigenvalue weighted by molar-refractivity contribution is 6.74. The number of fused-ring (bicyclic) bond motifs is 3. The number of rotatable bonds is 6. The van der Waals surface area contributed by atoms with Crippen molar-refractivity contribution in [2.45, 2.75) is 57.8 Å². The van der Waals surface area contributed by atoms with E-state index in [0.29, 0.717) is 18.6 Å². The molecule has 0 saturated carbocycles. The lowest BCUT2D eigenvalue weighted by Gasteiger charge is -2.36. The van der Waals surface area contributed by atoms with Crippen molar-refractivity contribution in [1.29, 1.82) is 0 Å². The Morgan fingerprint density at radius 3 is 2.53 bits per heavy atom. The Morgan fingerprint density at radius 2 is 1.84 bits per heavy atom. The van der Waals surface area contributed by atoms with Gasteiger partial charge in [0.05, 0.1) is 19.3 Å². The second-order valence-corrected chi connectivity index (χ2v) is 14.9. The van der Waals surface area contributed by atoms with E-state index in [4.69, 9.17) is 9.16 Å². The number of nitrogens with one attached hydrogen (secondary N) is 1. The molecule has 0 radical (unpaired) electrons. The third-order valence-corrected chi connectivity index (χ3v) is 11.7. The molecule has 6 nitrogen and oxygen atoms in total. The quantitative estimate of drug-likeness (QED) is 0.423. The van der Waals surface area contributed by atoms with Gasteiger partial charge in [-0.25, -0.2) is 0 Å². The van der Waals surface area contributed by atoms with Gasteiger partial charge in [0.2, 0.25) is 0 Å². The lowest BCUT2D eigenvalue weighted by molar-refractivity contribution is 0.270. The Hall–Kier alpha value is -2.64. The monoisotopic (exact) mass is 454 g/mol. The van der Waals surface area contributed by atoms with Crippen LogP contribution in [0.3, 0.4) is 0 Å². The van der Waals surface area contributed by atoms with Crippen LogP contribution in [0.2, 0.25) is 18.1 Å². The minimum Gasteiger partial charge on any atom is -0.496 e. The van der Waals surface area contributed by atoms with Gasteiger partial charge < -0.3 is 23.9 Å². The highest BCUT2D eigenvalue weighted by Crippen LogP contribution is 2.52. The van der Waals surface area contributed by atoms with Crippen LogP contribution in [0.15, 0.2) is 36.5 Å². The van der Waals surface area contributed by atoms with E-state index in [1.807, 2.05) is 30.3 Å². The molecule has 4 rings (SSSR count). The topological polar surface area (TPSA) is 79.6 Å². The average Bonchev–Trinajstić information content (AvgIpc) is 3.26. The molecule has 172 valence electrons. The second-order valence-electron chi connectivity index (χ2n) is 10.1. The minimum atomic E-state index is -1.82. The first kappa shape index (κ1) is 22.5. The summed E-state index contributed by atoms with van der Waals surface area (Å²) in [5.41, 5.74) is 4.45. The summed E-state index contributed by atoms with van der Waals surface area (Å²) in [6.07, 6.45) is 2.75. The molecule has 1 aliphatic rings. The van der Waals surface area contributed by atoms with E-state index in [9.17, 15) is 10.2 Å². The molecule has 2 heterocycles. The standard InChI is InChI=1S/C25H34N2O4Si/c1-25(2,3)32(5,6)31-14-13-27-12-11-17-19(27)15-18(16-9-7-8-10-20(16)30-4)22-21(17)23(28)26-24(22)29/h7-12,18,26,28-29H,13-15H2,1-6H3. The normalized spacial score (nSPS) is 16.0. The SMILES string of the molecule is COc1ccccc1C1Cc2c(ccn2CCO[Si](C)(C)C(C)(C)C)-c2c(O)[nH]c(O)c21. The fraction of sp³-hybridized carbons (Fsp3) is 0.440. The molecule has 0 aliphatic heterocycles. The molecule has 0 bridgehead atoms. The zero-order valence-electron chi connectivity index (χ0n) is 19.8. The van der Waals surface area contributed by atoms with Crippen LogP contribution in [-0.2, 0) is 17.4 Å². The fourth-order valence-corrected chi connectivity index (χ4v) is 5.44. The van der Waals surface area contributed by atoms with E-state index in [1.165, 1.54) is 0 Å². The van der Waals surface area contributed by atoms with Gasteiger partial charge in [-0.15, -0.1) is 0 Å². The Kier molecular flexibility index (Phi) is 5.67. The maximum atomic E-state index is 10.6. The summed E-state index contributed by atoms with van der Waals surface area (Å²) in [7, 11) is -0.168.